The topological polar surface area (TPSA) is 60.2 Å². The van der Waals surface area contributed by atoms with Crippen molar-refractivity contribution in [3.63, 3.8) is 0 Å². The Balaban J connectivity index is 2.29. The fraction of sp³-hybridized carbons (Fsp3) is 0.235. The van der Waals surface area contributed by atoms with Crippen molar-refractivity contribution in [2.24, 2.45) is 10.2 Å². The molecule has 0 heterocycles. The van der Waals surface area contributed by atoms with E-state index in [1.807, 2.05) is 42.5 Å². The molecule has 0 unspecified atom stereocenters. The SMILES string of the molecule is COc1ccc(-c2ccccc2)cc1/N=N/C(=O)OC(C)C. The van der Waals surface area contributed by atoms with Crippen LogP contribution in [-0.2, 0) is 4.74 Å². The Labute approximate surface area is 129 Å². The van der Waals surface area contributed by atoms with Gasteiger partial charge in [-0.2, -0.15) is 0 Å². The number of carbonyl (C=O) groups excluding carboxylic acids is 1. The highest BCUT2D eigenvalue weighted by atomic mass is 16.6. The van der Waals surface area contributed by atoms with Crippen molar-refractivity contribution < 1.29 is 14.3 Å². The predicted molar refractivity (Wildman–Crippen MR) is 84.6 cm³/mol. The number of methoxy groups -OCH3 is 1. The fourth-order valence-electron chi connectivity index (χ4n) is 1.90. The van der Waals surface area contributed by atoms with Crippen LogP contribution in [0.5, 0.6) is 5.75 Å². The summed E-state index contributed by atoms with van der Waals surface area (Å²) in [4.78, 5) is 11.5. The first kappa shape index (κ1) is 15.7. The van der Waals surface area contributed by atoms with Gasteiger partial charge in [-0.3, -0.25) is 0 Å². The molecule has 1 amide bonds. The van der Waals surface area contributed by atoms with Crippen molar-refractivity contribution in [2.45, 2.75) is 20.0 Å². The van der Waals surface area contributed by atoms with Crippen LogP contribution >= 0.6 is 0 Å². The summed E-state index contributed by atoms with van der Waals surface area (Å²) in [6.07, 6.45) is -0.953. The Hall–Kier alpha value is -2.69. The second-order valence-corrected chi connectivity index (χ2v) is 4.89. The summed E-state index contributed by atoms with van der Waals surface area (Å²) in [6.45, 7) is 3.51. The maximum Gasteiger partial charge on any atom is 0.452 e. The monoisotopic (exact) mass is 298 g/mol. The van der Waals surface area contributed by atoms with Gasteiger partial charge in [0.25, 0.3) is 0 Å². The molecule has 5 nitrogen and oxygen atoms in total. The lowest BCUT2D eigenvalue weighted by atomic mass is 10.1. The van der Waals surface area contributed by atoms with Crippen molar-refractivity contribution >= 4 is 11.8 Å². The van der Waals surface area contributed by atoms with E-state index in [1.54, 1.807) is 27.0 Å². The second kappa shape index (κ2) is 7.36. The molecular formula is C17H18N2O3. The summed E-state index contributed by atoms with van der Waals surface area (Å²) in [7, 11) is 1.54. The van der Waals surface area contributed by atoms with Crippen molar-refractivity contribution in [3.05, 3.63) is 48.5 Å². The molecule has 0 saturated heterocycles. The summed E-state index contributed by atoms with van der Waals surface area (Å²) in [5.74, 6) is 0.542. The van der Waals surface area contributed by atoms with Gasteiger partial charge in [0.2, 0.25) is 0 Å². The molecule has 0 N–H and O–H groups in total. The fourth-order valence-corrected chi connectivity index (χ4v) is 1.90. The van der Waals surface area contributed by atoms with Crippen molar-refractivity contribution in [2.75, 3.05) is 7.11 Å². The minimum atomic E-state index is -0.720. The molecule has 114 valence electrons. The number of rotatable bonds is 4. The van der Waals surface area contributed by atoms with E-state index in [9.17, 15) is 4.79 Å². The van der Waals surface area contributed by atoms with Gasteiger partial charge in [0.15, 0.2) is 0 Å². The first-order chi connectivity index (χ1) is 10.6. The molecule has 0 spiro atoms. The number of azo groups is 1. The normalized spacial score (nSPS) is 10.9. The molecule has 0 bridgehead atoms. The molecule has 2 aromatic rings. The summed E-state index contributed by atoms with van der Waals surface area (Å²) in [5.41, 5.74) is 2.49. The third-order valence-electron chi connectivity index (χ3n) is 2.86. The molecule has 0 radical (unpaired) electrons. The molecule has 0 atom stereocenters. The van der Waals surface area contributed by atoms with Gasteiger partial charge >= 0.3 is 6.09 Å². The number of hydrogen-bond donors (Lipinski definition) is 0. The van der Waals surface area contributed by atoms with Crippen LogP contribution in [0.2, 0.25) is 0 Å². The number of nitrogens with zero attached hydrogens (tertiary/aromatic N) is 2. The molecule has 0 fully saturated rings. The molecule has 0 aliphatic rings. The molecule has 5 heteroatoms. The summed E-state index contributed by atoms with van der Waals surface area (Å²) in [5, 5.41) is 7.50. The Morgan fingerprint density at radius 1 is 1.05 bits per heavy atom. The first-order valence-electron chi connectivity index (χ1n) is 6.96. The van der Waals surface area contributed by atoms with Crippen LogP contribution in [0, 0.1) is 0 Å². The van der Waals surface area contributed by atoms with Crippen LogP contribution in [-0.4, -0.2) is 19.3 Å². The van der Waals surface area contributed by atoms with Gasteiger partial charge in [0, 0.05) is 0 Å². The zero-order chi connectivity index (χ0) is 15.9. The maximum atomic E-state index is 11.5. The second-order valence-electron chi connectivity index (χ2n) is 4.89. The van der Waals surface area contributed by atoms with Gasteiger partial charge in [-0.15, -0.1) is 5.11 Å². The van der Waals surface area contributed by atoms with Gasteiger partial charge in [0.05, 0.1) is 13.2 Å². The van der Waals surface area contributed by atoms with E-state index in [0.717, 1.165) is 11.1 Å². The van der Waals surface area contributed by atoms with E-state index in [0.29, 0.717) is 11.4 Å². The number of amides is 1. The number of ether oxygens (including phenoxy) is 2. The molecule has 0 aromatic heterocycles. The zero-order valence-electron chi connectivity index (χ0n) is 12.8. The van der Waals surface area contributed by atoms with Gasteiger partial charge in [-0.1, -0.05) is 41.5 Å². The molecular weight excluding hydrogens is 280 g/mol. The molecule has 2 aromatic carbocycles. The van der Waals surface area contributed by atoms with Gasteiger partial charge in [-0.25, -0.2) is 4.79 Å². The Kier molecular flexibility index (Phi) is 5.25. The lowest BCUT2D eigenvalue weighted by molar-refractivity contribution is 0.124. The first-order valence-corrected chi connectivity index (χ1v) is 6.96. The highest BCUT2D eigenvalue weighted by Crippen LogP contribution is 2.33. The molecule has 0 aliphatic carbocycles. The van der Waals surface area contributed by atoms with Crippen LogP contribution in [0.25, 0.3) is 11.1 Å². The van der Waals surface area contributed by atoms with Gasteiger partial charge in [0.1, 0.15) is 11.4 Å². The summed E-state index contributed by atoms with van der Waals surface area (Å²) >= 11 is 0. The van der Waals surface area contributed by atoms with Gasteiger partial charge < -0.3 is 9.47 Å². The highest BCUT2D eigenvalue weighted by molar-refractivity contribution is 5.72. The third kappa shape index (κ3) is 4.15. The maximum absolute atomic E-state index is 11.5. The number of benzene rings is 2. The van der Waals surface area contributed by atoms with Crippen LogP contribution in [0.1, 0.15) is 13.8 Å². The van der Waals surface area contributed by atoms with Crippen molar-refractivity contribution in [1.82, 2.24) is 0 Å². The Morgan fingerprint density at radius 2 is 1.77 bits per heavy atom. The van der Waals surface area contributed by atoms with E-state index >= 15 is 0 Å². The lowest BCUT2D eigenvalue weighted by Gasteiger charge is -2.07. The van der Waals surface area contributed by atoms with E-state index in [1.165, 1.54) is 0 Å². The quantitative estimate of drug-likeness (QED) is 0.747. The minimum absolute atomic E-state index is 0.232. The largest absolute Gasteiger partial charge is 0.494 e. The standard InChI is InChI=1S/C17H18N2O3/c1-12(2)22-17(20)19-18-15-11-14(9-10-16(15)21-3)13-7-5-4-6-8-13/h4-12H,1-3H3/b19-18+. The van der Waals surface area contributed by atoms with E-state index in [-0.39, 0.29) is 6.10 Å². The average Bonchev–Trinajstić information content (AvgIpc) is 2.53. The molecule has 2 rings (SSSR count). The summed E-state index contributed by atoms with van der Waals surface area (Å²) < 4.78 is 10.2. The minimum Gasteiger partial charge on any atom is -0.494 e. The zero-order valence-corrected chi connectivity index (χ0v) is 12.8. The molecule has 0 aliphatic heterocycles. The van der Waals surface area contributed by atoms with Crippen molar-refractivity contribution in [3.8, 4) is 16.9 Å². The smallest absolute Gasteiger partial charge is 0.452 e. The van der Waals surface area contributed by atoms with Crippen LogP contribution in [0.3, 0.4) is 0 Å². The van der Waals surface area contributed by atoms with Crippen molar-refractivity contribution in [1.29, 1.82) is 0 Å². The number of carbonyl (C=O) groups is 1. The summed E-state index contributed by atoms with van der Waals surface area (Å²) in [6, 6.07) is 15.4. The third-order valence-corrected chi connectivity index (χ3v) is 2.86. The van der Waals surface area contributed by atoms with Crippen LogP contribution in [0.4, 0.5) is 10.5 Å². The number of hydrogen-bond acceptors (Lipinski definition) is 4. The predicted octanol–water partition coefficient (Wildman–Crippen LogP) is 4.99. The Morgan fingerprint density at radius 3 is 2.41 bits per heavy atom. The van der Waals surface area contributed by atoms with E-state index < -0.39 is 6.09 Å². The molecule has 22 heavy (non-hydrogen) atoms. The van der Waals surface area contributed by atoms with Crippen LogP contribution < -0.4 is 4.74 Å². The average molecular weight is 298 g/mol. The van der Waals surface area contributed by atoms with E-state index in [4.69, 9.17) is 9.47 Å². The van der Waals surface area contributed by atoms with E-state index in [2.05, 4.69) is 10.2 Å². The highest BCUT2D eigenvalue weighted by Gasteiger charge is 2.07. The lowest BCUT2D eigenvalue weighted by Crippen LogP contribution is -2.06. The Bertz CT molecular complexity index is 667. The van der Waals surface area contributed by atoms with Crippen LogP contribution in [0.15, 0.2) is 58.8 Å². The molecule has 0 saturated carbocycles. The van der Waals surface area contributed by atoms with Gasteiger partial charge in [-0.05, 0) is 37.1 Å².